The molecule has 3 N–H and O–H groups in total. The number of aromatic amines is 1. The molecular formula is C12H11BrN2O4. The Morgan fingerprint density at radius 2 is 1.84 bits per heavy atom. The Balaban J connectivity index is 2.71. The Morgan fingerprint density at radius 3 is 2.42 bits per heavy atom. The lowest BCUT2D eigenvalue weighted by atomic mass is 10.1. The van der Waals surface area contributed by atoms with Crippen LogP contribution in [-0.2, 0) is 9.47 Å². The van der Waals surface area contributed by atoms with Crippen molar-refractivity contribution in [2.45, 2.75) is 0 Å². The highest BCUT2D eigenvalue weighted by Crippen LogP contribution is 2.30. The first-order valence-corrected chi connectivity index (χ1v) is 6.06. The molecule has 1 aromatic heterocycles. The highest BCUT2D eigenvalue weighted by Gasteiger charge is 2.20. The molecule has 0 bridgehead atoms. The third-order valence-corrected chi connectivity index (χ3v) is 3.37. The van der Waals surface area contributed by atoms with Gasteiger partial charge in [-0.1, -0.05) is 0 Å². The second-order valence-corrected chi connectivity index (χ2v) is 4.63. The van der Waals surface area contributed by atoms with Crippen LogP contribution >= 0.6 is 15.9 Å². The summed E-state index contributed by atoms with van der Waals surface area (Å²) in [4.78, 5) is 26.1. The summed E-state index contributed by atoms with van der Waals surface area (Å²) in [5, 5.41) is 0.573. The van der Waals surface area contributed by atoms with E-state index in [1.807, 2.05) is 0 Å². The number of ether oxygens (including phenoxy) is 2. The van der Waals surface area contributed by atoms with Crippen LogP contribution in [0.1, 0.15) is 20.7 Å². The number of H-pyrrole nitrogens is 1. The van der Waals surface area contributed by atoms with Crippen molar-refractivity contribution in [3.63, 3.8) is 0 Å². The molecular weight excluding hydrogens is 316 g/mol. The minimum atomic E-state index is -0.540. The number of rotatable bonds is 2. The monoisotopic (exact) mass is 326 g/mol. The minimum absolute atomic E-state index is 0.191. The molecule has 2 rings (SSSR count). The highest BCUT2D eigenvalue weighted by atomic mass is 79.9. The molecule has 100 valence electrons. The number of aromatic nitrogens is 1. The molecule has 0 unspecified atom stereocenters. The van der Waals surface area contributed by atoms with Crippen LogP contribution in [0.25, 0.3) is 10.9 Å². The van der Waals surface area contributed by atoms with Crippen LogP contribution < -0.4 is 5.73 Å². The number of halogens is 1. The first-order valence-electron chi connectivity index (χ1n) is 5.27. The van der Waals surface area contributed by atoms with E-state index < -0.39 is 11.9 Å². The van der Waals surface area contributed by atoms with E-state index >= 15 is 0 Å². The first-order chi connectivity index (χ1) is 8.99. The normalized spacial score (nSPS) is 10.5. The topological polar surface area (TPSA) is 94.4 Å². The van der Waals surface area contributed by atoms with Crippen molar-refractivity contribution < 1.29 is 19.1 Å². The lowest BCUT2D eigenvalue weighted by Crippen LogP contribution is -2.04. The molecule has 0 aliphatic heterocycles. The van der Waals surface area contributed by atoms with E-state index in [1.54, 1.807) is 12.1 Å². The zero-order valence-corrected chi connectivity index (χ0v) is 11.8. The Hall–Kier alpha value is -2.02. The molecule has 19 heavy (non-hydrogen) atoms. The fraction of sp³-hybridized carbons (Fsp3) is 0.167. The summed E-state index contributed by atoms with van der Waals surface area (Å²) in [5.41, 5.74) is 6.89. The van der Waals surface area contributed by atoms with Crippen molar-refractivity contribution in [2.24, 2.45) is 0 Å². The maximum atomic E-state index is 11.7. The minimum Gasteiger partial charge on any atom is -0.465 e. The predicted octanol–water partition coefficient (Wildman–Crippen LogP) is 2.09. The Labute approximate surface area is 117 Å². The predicted molar refractivity (Wildman–Crippen MR) is 73.1 cm³/mol. The van der Waals surface area contributed by atoms with Gasteiger partial charge < -0.3 is 20.2 Å². The smallest absolute Gasteiger partial charge is 0.342 e. The SMILES string of the molecule is COC(=O)c1cc2[nH]c(N)c(C(=O)OC)c2cc1Br. The van der Waals surface area contributed by atoms with Crippen LogP contribution in [0.4, 0.5) is 5.82 Å². The van der Waals surface area contributed by atoms with E-state index in [0.717, 1.165) is 0 Å². The maximum Gasteiger partial charge on any atom is 0.342 e. The molecule has 0 radical (unpaired) electrons. The number of hydrogen-bond acceptors (Lipinski definition) is 5. The van der Waals surface area contributed by atoms with E-state index in [4.69, 9.17) is 5.73 Å². The number of hydrogen-bond donors (Lipinski definition) is 2. The third kappa shape index (κ3) is 2.17. The van der Waals surface area contributed by atoms with E-state index in [0.29, 0.717) is 20.9 Å². The van der Waals surface area contributed by atoms with Crippen LogP contribution in [0.3, 0.4) is 0 Å². The van der Waals surface area contributed by atoms with Crippen molar-refractivity contribution in [3.05, 3.63) is 27.7 Å². The number of fused-ring (bicyclic) bond motifs is 1. The van der Waals surface area contributed by atoms with E-state index in [9.17, 15) is 9.59 Å². The van der Waals surface area contributed by atoms with Gasteiger partial charge >= 0.3 is 11.9 Å². The Kier molecular flexibility index (Phi) is 3.48. The molecule has 1 aromatic carbocycles. The quantitative estimate of drug-likeness (QED) is 0.824. The molecule has 1 heterocycles. The maximum absolute atomic E-state index is 11.7. The van der Waals surface area contributed by atoms with Gasteiger partial charge in [0.05, 0.1) is 19.8 Å². The molecule has 0 saturated heterocycles. The Bertz CT molecular complexity index is 678. The Morgan fingerprint density at radius 1 is 1.21 bits per heavy atom. The van der Waals surface area contributed by atoms with Gasteiger partial charge in [0.25, 0.3) is 0 Å². The number of nitrogen functional groups attached to an aromatic ring is 1. The van der Waals surface area contributed by atoms with Crippen LogP contribution in [0, 0.1) is 0 Å². The molecule has 0 amide bonds. The number of nitrogens with one attached hydrogen (secondary N) is 1. The lowest BCUT2D eigenvalue weighted by Gasteiger charge is -2.03. The van der Waals surface area contributed by atoms with Gasteiger partial charge in [-0.2, -0.15) is 0 Å². The van der Waals surface area contributed by atoms with E-state index in [-0.39, 0.29) is 11.4 Å². The molecule has 0 spiro atoms. The average Bonchev–Trinajstić information content (AvgIpc) is 2.71. The molecule has 0 fully saturated rings. The molecule has 2 aromatic rings. The van der Waals surface area contributed by atoms with Gasteiger partial charge in [-0.25, -0.2) is 9.59 Å². The van der Waals surface area contributed by atoms with E-state index in [1.165, 1.54) is 14.2 Å². The standard InChI is InChI=1S/C12H11BrN2O4/c1-18-11(16)5-4-8-6(3-7(5)13)9(10(14)15-8)12(17)19-2/h3-4,15H,14H2,1-2H3. The molecule has 6 nitrogen and oxygen atoms in total. The third-order valence-electron chi connectivity index (χ3n) is 2.71. The van der Waals surface area contributed by atoms with Crippen molar-refractivity contribution in [1.82, 2.24) is 4.98 Å². The van der Waals surface area contributed by atoms with Crippen LogP contribution in [-0.4, -0.2) is 31.1 Å². The summed E-state index contributed by atoms with van der Waals surface area (Å²) in [6, 6.07) is 3.19. The second kappa shape index (κ2) is 4.93. The largest absolute Gasteiger partial charge is 0.465 e. The van der Waals surface area contributed by atoms with Gasteiger partial charge in [0, 0.05) is 15.4 Å². The fourth-order valence-electron chi connectivity index (χ4n) is 1.82. The van der Waals surface area contributed by atoms with Crippen molar-refractivity contribution in [1.29, 1.82) is 0 Å². The fourth-order valence-corrected chi connectivity index (χ4v) is 2.33. The summed E-state index contributed by atoms with van der Waals surface area (Å²) in [7, 11) is 2.57. The molecule has 0 saturated carbocycles. The highest BCUT2D eigenvalue weighted by molar-refractivity contribution is 9.10. The number of esters is 2. The number of carbonyl (C=O) groups is 2. The summed E-state index contributed by atoms with van der Waals surface area (Å²) in [6.45, 7) is 0. The first kappa shape index (κ1) is 13.4. The number of benzene rings is 1. The van der Waals surface area contributed by atoms with Crippen LogP contribution in [0.15, 0.2) is 16.6 Å². The van der Waals surface area contributed by atoms with Gasteiger partial charge in [-0.15, -0.1) is 0 Å². The number of nitrogens with two attached hydrogens (primary N) is 1. The number of methoxy groups -OCH3 is 2. The summed E-state index contributed by atoms with van der Waals surface area (Å²) >= 11 is 3.27. The lowest BCUT2D eigenvalue weighted by molar-refractivity contribution is 0.0593. The zero-order chi connectivity index (χ0) is 14.2. The van der Waals surface area contributed by atoms with Gasteiger partial charge in [-0.05, 0) is 28.1 Å². The molecule has 0 aliphatic rings. The van der Waals surface area contributed by atoms with Gasteiger partial charge in [0.1, 0.15) is 11.4 Å². The van der Waals surface area contributed by atoms with Gasteiger partial charge in [0.2, 0.25) is 0 Å². The van der Waals surface area contributed by atoms with Crippen LogP contribution in [0.5, 0.6) is 0 Å². The molecule has 7 heteroatoms. The van der Waals surface area contributed by atoms with Crippen LogP contribution in [0.2, 0.25) is 0 Å². The van der Waals surface area contributed by atoms with Gasteiger partial charge in [-0.3, -0.25) is 0 Å². The molecule has 0 atom stereocenters. The van der Waals surface area contributed by atoms with Crippen molar-refractivity contribution in [3.8, 4) is 0 Å². The zero-order valence-electron chi connectivity index (χ0n) is 10.2. The van der Waals surface area contributed by atoms with E-state index in [2.05, 4.69) is 30.4 Å². The summed E-state index contributed by atoms with van der Waals surface area (Å²) < 4.78 is 9.85. The summed E-state index contributed by atoms with van der Waals surface area (Å²) in [5.74, 6) is -0.834. The van der Waals surface area contributed by atoms with Crippen molar-refractivity contribution >= 4 is 44.6 Å². The number of carbonyl (C=O) groups excluding carboxylic acids is 2. The van der Waals surface area contributed by atoms with Gasteiger partial charge in [0.15, 0.2) is 0 Å². The number of anilines is 1. The second-order valence-electron chi connectivity index (χ2n) is 3.77. The van der Waals surface area contributed by atoms with Crippen molar-refractivity contribution in [2.75, 3.05) is 20.0 Å². The average molecular weight is 327 g/mol. The summed E-state index contributed by atoms with van der Waals surface area (Å²) in [6.07, 6.45) is 0. The molecule has 0 aliphatic carbocycles.